The zero-order valence-corrected chi connectivity index (χ0v) is 18.1. The first kappa shape index (κ1) is 19.4. The lowest BCUT2D eigenvalue weighted by molar-refractivity contribution is 1.39. The summed E-state index contributed by atoms with van der Waals surface area (Å²) in [5.41, 5.74) is 9.09. The third-order valence-electron chi connectivity index (χ3n) is 6.18. The van der Waals surface area contributed by atoms with Crippen molar-refractivity contribution in [1.29, 1.82) is 0 Å². The minimum Gasteiger partial charge on any atom is -0.254 e. The van der Waals surface area contributed by atoms with Crippen molar-refractivity contribution in [2.45, 2.75) is 6.42 Å². The first-order valence-corrected chi connectivity index (χ1v) is 11.2. The smallest absolute Gasteiger partial charge is 0.0754 e. The number of nitrogens with zero attached hydrogens (tertiary/aromatic N) is 2. The Kier molecular flexibility index (Phi) is 4.89. The molecule has 0 aliphatic carbocycles. The Hall–Kier alpha value is -4.30. The molecule has 5 aromatic carbocycles. The van der Waals surface area contributed by atoms with Crippen LogP contribution in [-0.4, -0.2) is 11.9 Å². The molecule has 0 bridgehead atoms. The Morgan fingerprint density at radius 3 is 2.03 bits per heavy atom. The van der Waals surface area contributed by atoms with E-state index >= 15 is 0 Å². The molecule has 0 unspecified atom stereocenters. The van der Waals surface area contributed by atoms with Gasteiger partial charge < -0.3 is 0 Å². The Bertz CT molecular complexity index is 1510. The molecule has 2 nitrogen and oxygen atoms in total. The second-order valence-corrected chi connectivity index (χ2v) is 8.26. The largest absolute Gasteiger partial charge is 0.254 e. The molecule has 0 aromatic heterocycles. The van der Waals surface area contributed by atoms with Crippen molar-refractivity contribution in [1.82, 2.24) is 0 Å². The second kappa shape index (κ2) is 8.33. The first-order valence-electron chi connectivity index (χ1n) is 11.2. The summed E-state index contributed by atoms with van der Waals surface area (Å²) in [5.74, 6) is 0. The summed E-state index contributed by atoms with van der Waals surface area (Å²) < 4.78 is 0. The van der Waals surface area contributed by atoms with E-state index in [1.807, 2.05) is 12.3 Å². The Balaban J connectivity index is 1.44. The summed E-state index contributed by atoms with van der Waals surface area (Å²) in [7, 11) is 0. The van der Waals surface area contributed by atoms with E-state index in [-0.39, 0.29) is 0 Å². The molecule has 0 N–H and O–H groups in total. The average Bonchev–Trinajstić information content (AvgIpc) is 3.32. The van der Waals surface area contributed by atoms with Crippen LogP contribution in [0.1, 0.15) is 5.56 Å². The van der Waals surface area contributed by atoms with Gasteiger partial charge in [0.25, 0.3) is 0 Å². The van der Waals surface area contributed by atoms with Gasteiger partial charge in [0.1, 0.15) is 0 Å². The fourth-order valence-corrected chi connectivity index (χ4v) is 4.59. The maximum absolute atomic E-state index is 5.08. The standard InChI is InChI=1S/C31H22N2/c1-3-10-22(11-4-1)26-18-19-28(24-12-5-2-6-13-24)31-29(26)20-25(33-31)21-32-30-17-9-15-23-14-7-8-16-27(23)30/h1-19,21H,20H2. The van der Waals surface area contributed by atoms with Crippen molar-refractivity contribution in [3.05, 3.63) is 121 Å². The summed E-state index contributed by atoms with van der Waals surface area (Å²) >= 11 is 0. The lowest BCUT2D eigenvalue weighted by Gasteiger charge is -2.12. The summed E-state index contributed by atoms with van der Waals surface area (Å²) in [6.45, 7) is 0. The summed E-state index contributed by atoms with van der Waals surface area (Å²) in [6, 6.07) is 40.1. The summed E-state index contributed by atoms with van der Waals surface area (Å²) in [5, 5.41) is 2.35. The van der Waals surface area contributed by atoms with Gasteiger partial charge in [-0.15, -0.1) is 0 Å². The van der Waals surface area contributed by atoms with E-state index in [1.54, 1.807) is 0 Å². The van der Waals surface area contributed by atoms with E-state index in [0.29, 0.717) is 0 Å². The van der Waals surface area contributed by atoms with Gasteiger partial charge in [-0.3, -0.25) is 9.98 Å². The fourth-order valence-electron chi connectivity index (χ4n) is 4.59. The highest BCUT2D eigenvalue weighted by Gasteiger charge is 2.22. The van der Waals surface area contributed by atoms with Crippen molar-refractivity contribution >= 4 is 34.1 Å². The topological polar surface area (TPSA) is 24.7 Å². The first-order chi connectivity index (χ1) is 16.4. The molecule has 0 spiro atoms. The molecule has 6 rings (SSSR count). The van der Waals surface area contributed by atoms with Crippen LogP contribution in [0, 0.1) is 0 Å². The van der Waals surface area contributed by atoms with Gasteiger partial charge in [0.2, 0.25) is 0 Å². The van der Waals surface area contributed by atoms with Crippen LogP contribution in [0.25, 0.3) is 33.0 Å². The SMILES string of the molecule is C(=Nc1cccc2ccccc12)C1=Nc2c(-c3ccccc3)ccc(-c3ccccc3)c2C1. The van der Waals surface area contributed by atoms with Crippen LogP contribution in [0.2, 0.25) is 0 Å². The zero-order chi connectivity index (χ0) is 22.0. The highest BCUT2D eigenvalue weighted by molar-refractivity contribution is 6.34. The van der Waals surface area contributed by atoms with Gasteiger partial charge in [-0.25, -0.2) is 0 Å². The van der Waals surface area contributed by atoms with Crippen LogP contribution in [0.4, 0.5) is 11.4 Å². The Labute approximate surface area is 193 Å². The number of rotatable bonds is 4. The zero-order valence-electron chi connectivity index (χ0n) is 18.1. The molecule has 1 aliphatic rings. The van der Waals surface area contributed by atoms with Gasteiger partial charge in [0, 0.05) is 23.6 Å². The lowest BCUT2D eigenvalue weighted by Crippen LogP contribution is -2.00. The highest BCUT2D eigenvalue weighted by atomic mass is 14.8. The van der Waals surface area contributed by atoms with E-state index in [4.69, 9.17) is 9.98 Å². The predicted octanol–water partition coefficient (Wildman–Crippen LogP) is 8.20. The Morgan fingerprint density at radius 1 is 0.606 bits per heavy atom. The fraction of sp³-hybridized carbons (Fsp3) is 0.0323. The second-order valence-electron chi connectivity index (χ2n) is 8.26. The minimum atomic E-state index is 0.772. The van der Waals surface area contributed by atoms with Gasteiger partial charge in [-0.05, 0) is 33.7 Å². The number of hydrogen-bond acceptors (Lipinski definition) is 2. The molecule has 2 heteroatoms. The van der Waals surface area contributed by atoms with Gasteiger partial charge >= 0.3 is 0 Å². The monoisotopic (exact) mass is 422 g/mol. The van der Waals surface area contributed by atoms with Crippen LogP contribution in [-0.2, 0) is 6.42 Å². The van der Waals surface area contributed by atoms with Gasteiger partial charge in [-0.2, -0.15) is 0 Å². The number of hydrogen-bond donors (Lipinski definition) is 0. The molecule has 5 aromatic rings. The van der Waals surface area contributed by atoms with Crippen molar-refractivity contribution in [3.63, 3.8) is 0 Å². The summed E-state index contributed by atoms with van der Waals surface area (Å²) in [4.78, 5) is 9.93. The molecular formula is C31H22N2. The van der Waals surface area contributed by atoms with E-state index in [1.165, 1.54) is 33.2 Å². The van der Waals surface area contributed by atoms with E-state index in [2.05, 4.69) is 109 Å². The molecule has 0 atom stereocenters. The van der Waals surface area contributed by atoms with Gasteiger partial charge in [0.15, 0.2) is 0 Å². The maximum atomic E-state index is 5.08. The van der Waals surface area contributed by atoms with Gasteiger partial charge in [-0.1, -0.05) is 109 Å². The third kappa shape index (κ3) is 3.66. The van der Waals surface area contributed by atoms with Crippen molar-refractivity contribution in [2.24, 2.45) is 9.98 Å². The number of fused-ring (bicyclic) bond motifs is 2. The molecule has 0 saturated carbocycles. The quantitative estimate of drug-likeness (QED) is 0.261. The molecule has 1 aliphatic heterocycles. The predicted molar refractivity (Wildman–Crippen MR) is 140 cm³/mol. The number of benzene rings is 5. The highest BCUT2D eigenvalue weighted by Crippen LogP contribution is 2.42. The third-order valence-corrected chi connectivity index (χ3v) is 6.18. The number of aliphatic imine (C=N–C) groups is 2. The van der Waals surface area contributed by atoms with Crippen LogP contribution in [0.15, 0.2) is 125 Å². The van der Waals surface area contributed by atoms with E-state index in [0.717, 1.165) is 28.9 Å². The van der Waals surface area contributed by atoms with Gasteiger partial charge in [0.05, 0.1) is 17.1 Å². The van der Waals surface area contributed by atoms with E-state index < -0.39 is 0 Å². The van der Waals surface area contributed by atoms with Crippen molar-refractivity contribution in [2.75, 3.05) is 0 Å². The molecule has 1 heterocycles. The Morgan fingerprint density at radius 2 is 1.24 bits per heavy atom. The van der Waals surface area contributed by atoms with Crippen LogP contribution < -0.4 is 0 Å². The lowest BCUT2D eigenvalue weighted by atomic mass is 9.92. The average molecular weight is 423 g/mol. The molecule has 0 fully saturated rings. The molecule has 0 saturated heterocycles. The van der Waals surface area contributed by atoms with Crippen LogP contribution >= 0.6 is 0 Å². The summed E-state index contributed by atoms with van der Waals surface area (Å²) in [6.07, 6.45) is 2.71. The molecule has 0 amide bonds. The molecule has 156 valence electrons. The van der Waals surface area contributed by atoms with E-state index in [9.17, 15) is 0 Å². The molecule has 33 heavy (non-hydrogen) atoms. The van der Waals surface area contributed by atoms with Crippen LogP contribution in [0.3, 0.4) is 0 Å². The van der Waals surface area contributed by atoms with Crippen molar-refractivity contribution in [3.8, 4) is 22.3 Å². The normalized spacial score (nSPS) is 12.8. The van der Waals surface area contributed by atoms with Crippen LogP contribution in [0.5, 0.6) is 0 Å². The molecule has 0 radical (unpaired) electrons. The maximum Gasteiger partial charge on any atom is 0.0754 e. The van der Waals surface area contributed by atoms with Crippen molar-refractivity contribution < 1.29 is 0 Å². The molecular weight excluding hydrogens is 400 g/mol. The minimum absolute atomic E-state index is 0.772.